The van der Waals surface area contributed by atoms with E-state index in [2.05, 4.69) is 0 Å². The van der Waals surface area contributed by atoms with Crippen molar-refractivity contribution in [1.29, 1.82) is 0 Å². The number of benzene rings is 2. The van der Waals surface area contributed by atoms with Crippen molar-refractivity contribution >= 4 is 11.9 Å². The third-order valence-corrected chi connectivity index (χ3v) is 2.64. The summed E-state index contributed by atoms with van der Waals surface area (Å²) < 4.78 is 5.19. The van der Waals surface area contributed by atoms with Gasteiger partial charge in [-0.1, -0.05) is 42.5 Å². The van der Waals surface area contributed by atoms with Crippen molar-refractivity contribution in [1.82, 2.24) is 0 Å². The van der Waals surface area contributed by atoms with Gasteiger partial charge in [-0.3, -0.25) is 4.79 Å². The Bertz CT molecular complexity index is 598. The van der Waals surface area contributed by atoms with E-state index in [0.717, 1.165) is 17.1 Å². The van der Waals surface area contributed by atoms with Crippen LogP contribution in [0.2, 0.25) is 0 Å². The molecule has 0 spiro atoms. The van der Waals surface area contributed by atoms with E-state index in [1.807, 2.05) is 48.5 Å². The van der Waals surface area contributed by atoms with E-state index >= 15 is 0 Å². The predicted octanol–water partition coefficient (Wildman–Crippen LogP) is 3.69. The highest BCUT2D eigenvalue weighted by Crippen LogP contribution is 2.47. The zero-order valence-electron chi connectivity index (χ0n) is 9.09. The molecule has 0 saturated heterocycles. The molecular formula is C15H10O2. The Morgan fingerprint density at radius 3 is 2.65 bits per heavy atom. The lowest BCUT2D eigenvalue weighted by atomic mass is 10.1. The second-order valence-corrected chi connectivity index (χ2v) is 3.84. The number of carbonyl (C=O) groups excluding carboxylic acids is 1. The maximum atomic E-state index is 11.9. The summed E-state index contributed by atoms with van der Waals surface area (Å²) in [4.78, 5) is 11.9. The Hall–Kier alpha value is -2.35. The maximum Gasteiger partial charge on any atom is 0.189 e. The van der Waals surface area contributed by atoms with Crippen LogP contribution in [-0.4, -0.2) is 5.78 Å². The minimum Gasteiger partial charge on any atom is -0.449 e. The van der Waals surface area contributed by atoms with Crippen molar-refractivity contribution in [2.75, 3.05) is 0 Å². The zero-order valence-corrected chi connectivity index (χ0v) is 9.09. The summed E-state index contributed by atoms with van der Waals surface area (Å²) in [5.41, 5.74) is 1.65. The van der Waals surface area contributed by atoms with E-state index in [0.29, 0.717) is 5.56 Å². The maximum absolute atomic E-state index is 11.9. The fourth-order valence-corrected chi connectivity index (χ4v) is 1.71. The van der Waals surface area contributed by atoms with Crippen LogP contribution in [-0.2, 0) is 0 Å². The standard InChI is InChI=1S/C15H10O2/c16-13(10-9-11-5-2-1-3-6-11)12-7-4-8-14-15(12)17-14/h1-10H. The molecule has 1 aliphatic rings. The minimum atomic E-state index is -0.0248. The third-order valence-electron chi connectivity index (χ3n) is 2.64. The lowest BCUT2D eigenvalue weighted by molar-refractivity contribution is 0.104. The number of ketones is 1. The fraction of sp³-hybridized carbons (Fsp3) is 0. The predicted molar refractivity (Wildman–Crippen MR) is 66.3 cm³/mol. The van der Waals surface area contributed by atoms with Gasteiger partial charge in [0, 0.05) is 0 Å². The van der Waals surface area contributed by atoms with Crippen molar-refractivity contribution in [2.45, 2.75) is 0 Å². The first-order valence-corrected chi connectivity index (χ1v) is 5.43. The Balaban J connectivity index is 1.81. The van der Waals surface area contributed by atoms with E-state index in [1.54, 1.807) is 12.1 Å². The molecule has 0 N–H and O–H groups in total. The van der Waals surface area contributed by atoms with Crippen LogP contribution in [0.15, 0.2) is 54.6 Å². The molecule has 0 amide bonds. The molecule has 1 aliphatic heterocycles. The van der Waals surface area contributed by atoms with Crippen LogP contribution in [0.1, 0.15) is 15.9 Å². The normalized spacial score (nSPS) is 12.0. The average Bonchev–Trinajstić information content (AvgIpc) is 3.16. The molecule has 82 valence electrons. The van der Waals surface area contributed by atoms with Crippen LogP contribution >= 0.6 is 0 Å². The molecule has 0 aliphatic carbocycles. The molecule has 2 aromatic carbocycles. The summed E-state index contributed by atoms with van der Waals surface area (Å²) >= 11 is 0. The van der Waals surface area contributed by atoms with Gasteiger partial charge in [-0.15, -0.1) is 0 Å². The van der Waals surface area contributed by atoms with Gasteiger partial charge in [0.2, 0.25) is 0 Å². The molecule has 0 atom stereocenters. The SMILES string of the molecule is O=C(C=Cc1ccccc1)c1cccc2c1O2. The van der Waals surface area contributed by atoms with Crippen LogP contribution in [0.25, 0.3) is 6.08 Å². The van der Waals surface area contributed by atoms with Gasteiger partial charge in [-0.05, 0) is 23.8 Å². The molecule has 2 nitrogen and oxygen atoms in total. The Morgan fingerprint density at radius 2 is 1.82 bits per heavy atom. The first-order valence-electron chi connectivity index (χ1n) is 5.43. The quantitative estimate of drug-likeness (QED) is 0.384. The van der Waals surface area contributed by atoms with Crippen molar-refractivity contribution < 1.29 is 9.53 Å². The summed E-state index contributed by atoms with van der Waals surface area (Å²) in [5.74, 6) is 1.50. The largest absolute Gasteiger partial charge is 0.449 e. The monoisotopic (exact) mass is 222 g/mol. The number of hydrogen-bond acceptors (Lipinski definition) is 2. The van der Waals surface area contributed by atoms with Crippen LogP contribution in [0.4, 0.5) is 0 Å². The van der Waals surface area contributed by atoms with E-state index < -0.39 is 0 Å². The molecule has 0 aromatic heterocycles. The second-order valence-electron chi connectivity index (χ2n) is 3.84. The van der Waals surface area contributed by atoms with E-state index in [1.165, 1.54) is 0 Å². The zero-order chi connectivity index (χ0) is 11.7. The first kappa shape index (κ1) is 9.85. The number of carbonyl (C=O) groups is 1. The van der Waals surface area contributed by atoms with E-state index in [-0.39, 0.29) is 5.78 Å². The van der Waals surface area contributed by atoms with Crippen LogP contribution < -0.4 is 4.74 Å². The lowest BCUT2D eigenvalue weighted by Gasteiger charge is -1.92. The Morgan fingerprint density at radius 1 is 1.00 bits per heavy atom. The van der Waals surface area contributed by atoms with Crippen molar-refractivity contribution in [2.24, 2.45) is 0 Å². The molecule has 0 unspecified atom stereocenters. The number of allylic oxidation sites excluding steroid dienone is 1. The summed E-state index contributed by atoms with van der Waals surface area (Å²) in [7, 11) is 0. The number of rotatable bonds is 3. The van der Waals surface area contributed by atoms with E-state index in [9.17, 15) is 4.79 Å². The number of hydrogen-bond donors (Lipinski definition) is 0. The molecular weight excluding hydrogens is 212 g/mol. The molecule has 0 fully saturated rings. The Labute approximate surface area is 99.2 Å². The topological polar surface area (TPSA) is 29.6 Å². The van der Waals surface area contributed by atoms with E-state index in [4.69, 9.17) is 4.74 Å². The summed E-state index contributed by atoms with van der Waals surface area (Å²) in [6, 6.07) is 15.2. The van der Waals surface area contributed by atoms with Gasteiger partial charge in [-0.25, -0.2) is 0 Å². The summed E-state index contributed by atoms with van der Waals surface area (Å²) in [6.45, 7) is 0. The van der Waals surface area contributed by atoms with Gasteiger partial charge in [0.05, 0.1) is 5.56 Å². The van der Waals surface area contributed by atoms with Gasteiger partial charge in [0.25, 0.3) is 0 Å². The van der Waals surface area contributed by atoms with Crippen molar-refractivity contribution in [3.8, 4) is 11.5 Å². The molecule has 2 heteroatoms. The van der Waals surface area contributed by atoms with Crippen LogP contribution in [0.3, 0.4) is 0 Å². The molecule has 3 rings (SSSR count). The summed E-state index contributed by atoms with van der Waals surface area (Å²) in [6.07, 6.45) is 3.39. The van der Waals surface area contributed by atoms with Crippen LogP contribution in [0, 0.1) is 0 Å². The molecule has 17 heavy (non-hydrogen) atoms. The minimum absolute atomic E-state index is 0.0248. The lowest BCUT2D eigenvalue weighted by Crippen LogP contribution is -1.91. The third kappa shape index (κ3) is 1.97. The van der Waals surface area contributed by atoms with Crippen molar-refractivity contribution in [3.05, 3.63) is 65.7 Å². The van der Waals surface area contributed by atoms with Crippen molar-refractivity contribution in [3.63, 3.8) is 0 Å². The van der Waals surface area contributed by atoms with Gasteiger partial charge in [0.1, 0.15) is 0 Å². The first-order chi connectivity index (χ1) is 8.34. The highest BCUT2D eigenvalue weighted by atomic mass is 16.6. The van der Waals surface area contributed by atoms with Gasteiger partial charge in [-0.2, -0.15) is 0 Å². The second kappa shape index (κ2) is 3.91. The van der Waals surface area contributed by atoms with Gasteiger partial charge in [0.15, 0.2) is 17.3 Å². The number of para-hydroxylation sites is 1. The highest BCUT2D eigenvalue weighted by Gasteiger charge is 2.26. The molecule has 0 bridgehead atoms. The Kier molecular flexibility index (Phi) is 2.26. The molecule has 1 heterocycles. The number of ether oxygens (including phenoxy) is 1. The van der Waals surface area contributed by atoms with Gasteiger partial charge >= 0.3 is 0 Å². The van der Waals surface area contributed by atoms with Gasteiger partial charge < -0.3 is 4.74 Å². The molecule has 0 saturated carbocycles. The highest BCUT2D eigenvalue weighted by molar-refractivity contribution is 6.10. The number of fused-ring (bicyclic) bond motifs is 1. The smallest absolute Gasteiger partial charge is 0.189 e. The average molecular weight is 222 g/mol. The van der Waals surface area contributed by atoms with Crippen LogP contribution in [0.5, 0.6) is 11.5 Å². The molecule has 0 radical (unpaired) electrons. The summed E-state index contributed by atoms with van der Waals surface area (Å²) in [5, 5.41) is 0. The fourth-order valence-electron chi connectivity index (χ4n) is 1.71. The molecule has 2 aromatic rings.